The normalized spacial score (nSPS) is 15.3. The Bertz CT molecular complexity index is 1240. The fourth-order valence-electron chi connectivity index (χ4n) is 3.63. The zero-order valence-corrected chi connectivity index (χ0v) is 18.6. The summed E-state index contributed by atoms with van der Waals surface area (Å²) in [6, 6.07) is 14.2. The van der Waals surface area contributed by atoms with Gasteiger partial charge in [0, 0.05) is 53.8 Å². The molecular weight excluding hydrogens is 443 g/mol. The second kappa shape index (κ2) is 9.68. The van der Waals surface area contributed by atoms with Crippen LogP contribution in [0.4, 0.5) is 4.39 Å². The molecule has 2 aromatic heterocycles. The fourth-order valence-corrected chi connectivity index (χ4v) is 3.79. The standard InChI is InChI=1S/C25H22ClFN4O2/c26-20-6-5-19(22(27)14-20)16-33-24-7-9-29-25(30-24)18-3-1-17(2-4-18)13-23-28-10-11-31(23)15-21-8-12-32-21/h1-7,9-11,14,21H,8,12-13,15-16H2/t21-/m0/s1. The van der Waals surface area contributed by atoms with Gasteiger partial charge in [0.15, 0.2) is 5.82 Å². The van der Waals surface area contributed by atoms with E-state index >= 15 is 0 Å². The first-order valence-corrected chi connectivity index (χ1v) is 11.1. The number of nitrogens with zero attached hydrogens (tertiary/aromatic N) is 4. The van der Waals surface area contributed by atoms with Crippen molar-refractivity contribution in [2.24, 2.45) is 0 Å². The van der Waals surface area contributed by atoms with Crippen molar-refractivity contribution in [3.63, 3.8) is 0 Å². The highest BCUT2D eigenvalue weighted by Gasteiger charge is 2.19. The molecule has 0 unspecified atom stereocenters. The first-order chi connectivity index (χ1) is 16.1. The zero-order valence-electron chi connectivity index (χ0n) is 17.8. The molecule has 0 saturated carbocycles. The summed E-state index contributed by atoms with van der Waals surface area (Å²) in [5.41, 5.74) is 2.42. The Hall–Kier alpha value is -3.29. The van der Waals surface area contributed by atoms with Gasteiger partial charge in [-0.3, -0.25) is 0 Å². The Morgan fingerprint density at radius 2 is 1.94 bits per heavy atom. The van der Waals surface area contributed by atoms with Crippen molar-refractivity contribution < 1.29 is 13.9 Å². The van der Waals surface area contributed by atoms with Gasteiger partial charge in [0.1, 0.15) is 18.2 Å². The zero-order chi connectivity index (χ0) is 22.6. The number of rotatable bonds is 8. The van der Waals surface area contributed by atoms with Gasteiger partial charge in [-0.1, -0.05) is 41.9 Å². The lowest BCUT2D eigenvalue weighted by Crippen LogP contribution is -2.31. The molecule has 0 radical (unpaired) electrons. The lowest BCUT2D eigenvalue weighted by molar-refractivity contribution is -0.0595. The molecule has 1 fully saturated rings. The van der Waals surface area contributed by atoms with Crippen LogP contribution in [0.15, 0.2) is 67.1 Å². The van der Waals surface area contributed by atoms with Gasteiger partial charge in [0.2, 0.25) is 5.88 Å². The van der Waals surface area contributed by atoms with Gasteiger partial charge in [0.25, 0.3) is 0 Å². The van der Waals surface area contributed by atoms with Crippen LogP contribution in [0.1, 0.15) is 23.4 Å². The Balaban J connectivity index is 1.24. The van der Waals surface area contributed by atoms with E-state index in [0.29, 0.717) is 28.4 Å². The van der Waals surface area contributed by atoms with Crippen LogP contribution < -0.4 is 4.74 Å². The van der Waals surface area contributed by atoms with Gasteiger partial charge in [-0.15, -0.1) is 0 Å². The maximum absolute atomic E-state index is 14.0. The molecular formula is C25H22ClFN4O2. The van der Waals surface area contributed by atoms with Crippen LogP contribution >= 0.6 is 11.6 Å². The molecule has 0 bridgehead atoms. The number of hydrogen-bond donors (Lipinski definition) is 0. The third kappa shape index (κ3) is 5.21. The predicted molar refractivity (Wildman–Crippen MR) is 123 cm³/mol. The van der Waals surface area contributed by atoms with Crippen LogP contribution in [0.25, 0.3) is 11.4 Å². The van der Waals surface area contributed by atoms with Crippen LogP contribution in [0.3, 0.4) is 0 Å². The topological polar surface area (TPSA) is 62.1 Å². The molecule has 0 aliphatic carbocycles. The Kier molecular flexibility index (Phi) is 6.32. The summed E-state index contributed by atoms with van der Waals surface area (Å²) in [6.45, 7) is 1.74. The van der Waals surface area contributed by atoms with Crippen molar-refractivity contribution in [1.82, 2.24) is 19.5 Å². The second-order valence-electron chi connectivity index (χ2n) is 7.89. The van der Waals surface area contributed by atoms with Gasteiger partial charge in [0.05, 0.1) is 12.6 Å². The van der Waals surface area contributed by atoms with Crippen LogP contribution in [-0.4, -0.2) is 32.2 Å². The van der Waals surface area contributed by atoms with E-state index in [2.05, 4.69) is 19.5 Å². The first kappa shape index (κ1) is 21.6. The van der Waals surface area contributed by atoms with E-state index in [1.165, 1.54) is 6.07 Å². The molecule has 1 saturated heterocycles. The van der Waals surface area contributed by atoms with Gasteiger partial charge in [-0.2, -0.15) is 4.98 Å². The van der Waals surface area contributed by atoms with E-state index in [-0.39, 0.29) is 6.61 Å². The van der Waals surface area contributed by atoms with Crippen LogP contribution in [-0.2, 0) is 24.3 Å². The predicted octanol–water partition coefficient (Wildman–Crippen LogP) is 5.09. The van der Waals surface area contributed by atoms with Crippen molar-refractivity contribution >= 4 is 11.6 Å². The monoisotopic (exact) mass is 464 g/mol. The average Bonchev–Trinajstić information content (AvgIpc) is 3.23. The molecule has 5 rings (SSSR count). The fraction of sp³-hybridized carbons (Fsp3) is 0.240. The van der Waals surface area contributed by atoms with Crippen molar-refractivity contribution in [2.45, 2.75) is 32.1 Å². The molecule has 8 heteroatoms. The van der Waals surface area contributed by atoms with Crippen LogP contribution in [0.5, 0.6) is 5.88 Å². The highest BCUT2D eigenvalue weighted by Crippen LogP contribution is 2.21. The number of aromatic nitrogens is 4. The summed E-state index contributed by atoms with van der Waals surface area (Å²) in [5.74, 6) is 1.52. The molecule has 0 N–H and O–H groups in total. The lowest BCUT2D eigenvalue weighted by Gasteiger charge is -2.27. The molecule has 1 atom stereocenters. The van der Waals surface area contributed by atoms with E-state index < -0.39 is 5.82 Å². The van der Waals surface area contributed by atoms with Gasteiger partial charge in [-0.25, -0.2) is 14.4 Å². The summed E-state index contributed by atoms with van der Waals surface area (Å²) in [6.07, 6.45) is 7.59. The van der Waals surface area contributed by atoms with E-state index in [4.69, 9.17) is 21.1 Å². The van der Waals surface area contributed by atoms with E-state index in [0.717, 1.165) is 42.9 Å². The maximum atomic E-state index is 14.0. The largest absolute Gasteiger partial charge is 0.473 e. The Morgan fingerprint density at radius 3 is 2.70 bits per heavy atom. The molecule has 2 aromatic carbocycles. The van der Waals surface area contributed by atoms with E-state index in [1.807, 2.05) is 36.7 Å². The number of imidazole rings is 1. The molecule has 168 valence electrons. The number of benzene rings is 2. The molecule has 33 heavy (non-hydrogen) atoms. The minimum atomic E-state index is -0.409. The Morgan fingerprint density at radius 1 is 1.09 bits per heavy atom. The van der Waals surface area contributed by atoms with Gasteiger partial charge in [-0.05, 0) is 24.1 Å². The highest BCUT2D eigenvalue weighted by molar-refractivity contribution is 6.30. The van der Waals surface area contributed by atoms with Gasteiger partial charge >= 0.3 is 0 Å². The van der Waals surface area contributed by atoms with Crippen molar-refractivity contribution in [1.29, 1.82) is 0 Å². The molecule has 6 nitrogen and oxygen atoms in total. The van der Waals surface area contributed by atoms with Gasteiger partial charge < -0.3 is 14.0 Å². The quantitative estimate of drug-likeness (QED) is 0.363. The molecule has 1 aliphatic rings. The Labute approximate surface area is 196 Å². The second-order valence-corrected chi connectivity index (χ2v) is 8.33. The summed E-state index contributed by atoms with van der Waals surface area (Å²) >= 11 is 5.80. The summed E-state index contributed by atoms with van der Waals surface area (Å²) < 4.78 is 27.3. The third-order valence-electron chi connectivity index (χ3n) is 5.59. The molecule has 0 spiro atoms. The van der Waals surface area contributed by atoms with Crippen molar-refractivity contribution in [3.8, 4) is 17.3 Å². The minimum absolute atomic E-state index is 0.0525. The average molecular weight is 465 g/mol. The summed E-state index contributed by atoms with van der Waals surface area (Å²) in [5, 5.41) is 0.348. The smallest absolute Gasteiger partial charge is 0.217 e. The van der Waals surface area contributed by atoms with Crippen LogP contribution in [0, 0.1) is 5.82 Å². The first-order valence-electron chi connectivity index (χ1n) is 10.7. The maximum Gasteiger partial charge on any atom is 0.217 e. The lowest BCUT2D eigenvalue weighted by atomic mass is 10.1. The van der Waals surface area contributed by atoms with Crippen LogP contribution in [0.2, 0.25) is 5.02 Å². The highest BCUT2D eigenvalue weighted by atomic mass is 35.5. The number of halogens is 2. The van der Waals surface area contributed by atoms with Crippen molar-refractivity contribution in [2.75, 3.05) is 6.61 Å². The SMILES string of the molecule is Fc1cc(Cl)ccc1COc1ccnc(-c2ccc(Cc3nccn3C[C@@H]3CCO3)cc2)n1. The molecule has 0 amide bonds. The summed E-state index contributed by atoms with van der Waals surface area (Å²) in [4.78, 5) is 13.3. The minimum Gasteiger partial charge on any atom is -0.473 e. The van der Waals surface area contributed by atoms with E-state index in [9.17, 15) is 4.39 Å². The molecule has 3 heterocycles. The summed E-state index contributed by atoms with van der Waals surface area (Å²) in [7, 11) is 0. The number of ether oxygens (including phenoxy) is 2. The molecule has 4 aromatic rings. The third-order valence-corrected chi connectivity index (χ3v) is 5.83. The molecule has 1 aliphatic heterocycles. The van der Waals surface area contributed by atoms with E-state index in [1.54, 1.807) is 24.4 Å². The number of hydrogen-bond acceptors (Lipinski definition) is 5. The van der Waals surface area contributed by atoms with Crippen molar-refractivity contribution in [3.05, 3.63) is 94.9 Å².